The highest BCUT2D eigenvalue weighted by molar-refractivity contribution is 5.69. The first-order valence-corrected chi connectivity index (χ1v) is 6.92. The van der Waals surface area contributed by atoms with Crippen molar-refractivity contribution in [1.29, 1.82) is 0 Å². The van der Waals surface area contributed by atoms with Crippen LogP contribution in [0.1, 0.15) is 17.9 Å². The highest BCUT2D eigenvalue weighted by atomic mass is 16.5. The molecular weight excluding hydrogens is 240 g/mol. The van der Waals surface area contributed by atoms with Crippen molar-refractivity contribution >= 4 is 5.69 Å². The molecule has 1 aromatic rings. The van der Waals surface area contributed by atoms with Crippen molar-refractivity contribution < 1.29 is 9.47 Å². The summed E-state index contributed by atoms with van der Waals surface area (Å²) in [6, 6.07) is 4.01. The van der Waals surface area contributed by atoms with Crippen LogP contribution in [0.4, 0.5) is 5.69 Å². The molecule has 2 aliphatic rings. The summed E-state index contributed by atoms with van der Waals surface area (Å²) in [5, 5.41) is 3.54. The molecule has 19 heavy (non-hydrogen) atoms. The Balaban J connectivity index is 2.05. The lowest BCUT2D eigenvalue weighted by Crippen LogP contribution is -2.42. The third-order valence-corrected chi connectivity index (χ3v) is 4.46. The smallest absolute Gasteiger partial charge is 0.142 e. The summed E-state index contributed by atoms with van der Waals surface area (Å²) >= 11 is 0. The summed E-state index contributed by atoms with van der Waals surface area (Å²) < 4.78 is 11.1. The van der Waals surface area contributed by atoms with Crippen LogP contribution in [0.3, 0.4) is 0 Å². The molecule has 1 saturated heterocycles. The van der Waals surface area contributed by atoms with Crippen LogP contribution < -0.4 is 14.8 Å². The van der Waals surface area contributed by atoms with E-state index in [1.165, 1.54) is 12.0 Å². The molecule has 2 atom stereocenters. The number of rotatable bonds is 2. The van der Waals surface area contributed by atoms with Crippen LogP contribution in [-0.2, 0) is 0 Å². The zero-order valence-corrected chi connectivity index (χ0v) is 11.9. The largest absolute Gasteiger partial charge is 0.496 e. The van der Waals surface area contributed by atoms with Gasteiger partial charge in [0.25, 0.3) is 0 Å². The van der Waals surface area contributed by atoms with Gasteiger partial charge in [-0.2, -0.15) is 0 Å². The van der Waals surface area contributed by atoms with Crippen molar-refractivity contribution in [2.24, 2.45) is 5.92 Å². The molecular formula is C15H22N2O2. The maximum atomic E-state index is 5.58. The average molecular weight is 262 g/mol. The van der Waals surface area contributed by atoms with Gasteiger partial charge < -0.3 is 19.7 Å². The summed E-state index contributed by atoms with van der Waals surface area (Å²) in [6.07, 6.45) is 1.19. The van der Waals surface area contributed by atoms with Crippen LogP contribution in [-0.4, -0.2) is 45.8 Å². The molecule has 4 nitrogen and oxygen atoms in total. The molecule has 104 valence electrons. The standard InChI is InChI=1S/C15H22N2O2/c1-17-7-6-11-10(9-17)8-16-15-13(19-3)5-4-12(18-2)14(11)15/h4-5,10-11,16H,6-9H2,1-3H3. The maximum Gasteiger partial charge on any atom is 0.142 e. The van der Waals surface area contributed by atoms with Crippen LogP contribution in [0.25, 0.3) is 0 Å². The van der Waals surface area contributed by atoms with Crippen molar-refractivity contribution in [3.8, 4) is 11.5 Å². The Bertz CT molecular complexity index is 475. The Hall–Kier alpha value is -1.42. The zero-order valence-electron chi connectivity index (χ0n) is 11.9. The second-order valence-electron chi connectivity index (χ2n) is 5.56. The van der Waals surface area contributed by atoms with Crippen LogP contribution in [0.15, 0.2) is 12.1 Å². The van der Waals surface area contributed by atoms with Crippen LogP contribution in [0.2, 0.25) is 0 Å². The lowest BCUT2D eigenvalue weighted by atomic mass is 9.77. The molecule has 0 saturated carbocycles. The number of hydrogen-bond donors (Lipinski definition) is 1. The monoisotopic (exact) mass is 262 g/mol. The number of benzene rings is 1. The molecule has 1 fully saturated rings. The summed E-state index contributed by atoms with van der Waals surface area (Å²) in [5.41, 5.74) is 2.44. The first-order chi connectivity index (χ1) is 9.24. The van der Waals surface area contributed by atoms with Gasteiger partial charge in [0, 0.05) is 18.7 Å². The van der Waals surface area contributed by atoms with Crippen molar-refractivity contribution in [3.05, 3.63) is 17.7 Å². The number of anilines is 1. The second kappa shape index (κ2) is 4.93. The van der Waals surface area contributed by atoms with Gasteiger partial charge in [0.1, 0.15) is 11.5 Å². The van der Waals surface area contributed by atoms with E-state index in [2.05, 4.69) is 17.3 Å². The summed E-state index contributed by atoms with van der Waals surface area (Å²) in [7, 11) is 5.68. The molecule has 2 unspecified atom stereocenters. The fraction of sp³-hybridized carbons (Fsp3) is 0.600. The normalized spacial score (nSPS) is 26.1. The van der Waals surface area contributed by atoms with Crippen molar-refractivity contribution in [2.75, 3.05) is 46.2 Å². The summed E-state index contributed by atoms with van der Waals surface area (Å²) in [5.74, 6) is 3.15. The Kier molecular flexibility index (Phi) is 3.27. The fourth-order valence-corrected chi connectivity index (χ4v) is 3.51. The van der Waals surface area contributed by atoms with E-state index >= 15 is 0 Å². The van der Waals surface area contributed by atoms with E-state index in [-0.39, 0.29) is 0 Å². The van der Waals surface area contributed by atoms with Crippen molar-refractivity contribution in [2.45, 2.75) is 12.3 Å². The zero-order chi connectivity index (χ0) is 13.4. The SMILES string of the molecule is COc1ccc(OC)c2c1NCC1CN(C)CCC21. The number of nitrogens with zero attached hydrogens (tertiary/aromatic N) is 1. The van der Waals surface area contributed by atoms with Gasteiger partial charge in [0.15, 0.2) is 0 Å². The summed E-state index contributed by atoms with van der Waals surface area (Å²) in [6.45, 7) is 3.32. The van der Waals surface area contributed by atoms with E-state index in [0.717, 1.165) is 36.8 Å². The van der Waals surface area contributed by atoms with Crippen LogP contribution >= 0.6 is 0 Å². The van der Waals surface area contributed by atoms with E-state index in [4.69, 9.17) is 9.47 Å². The van der Waals surface area contributed by atoms with Gasteiger partial charge in [0.05, 0.1) is 19.9 Å². The maximum absolute atomic E-state index is 5.58. The summed E-state index contributed by atoms with van der Waals surface area (Å²) in [4.78, 5) is 2.42. The Morgan fingerprint density at radius 1 is 1.21 bits per heavy atom. The number of methoxy groups -OCH3 is 2. The minimum absolute atomic E-state index is 0.581. The number of hydrogen-bond acceptors (Lipinski definition) is 4. The Morgan fingerprint density at radius 3 is 2.68 bits per heavy atom. The molecule has 2 aliphatic heterocycles. The number of nitrogens with one attached hydrogen (secondary N) is 1. The lowest BCUT2D eigenvalue weighted by molar-refractivity contribution is 0.185. The Labute approximate surface area is 114 Å². The van der Waals surface area contributed by atoms with E-state index in [1.54, 1.807) is 14.2 Å². The molecule has 0 spiro atoms. The van der Waals surface area contributed by atoms with Crippen LogP contribution in [0, 0.1) is 5.92 Å². The predicted octanol–water partition coefficient (Wildman–Crippen LogP) is 2.16. The number of likely N-dealkylation sites (tertiary alicyclic amines) is 1. The van der Waals surface area contributed by atoms with Gasteiger partial charge in [-0.15, -0.1) is 0 Å². The number of fused-ring (bicyclic) bond motifs is 3. The van der Waals surface area contributed by atoms with Gasteiger partial charge in [0.2, 0.25) is 0 Å². The topological polar surface area (TPSA) is 33.7 Å². The van der Waals surface area contributed by atoms with Gasteiger partial charge in [-0.25, -0.2) is 0 Å². The van der Waals surface area contributed by atoms with E-state index < -0.39 is 0 Å². The quantitative estimate of drug-likeness (QED) is 0.885. The highest BCUT2D eigenvalue weighted by Crippen LogP contribution is 2.48. The molecule has 0 radical (unpaired) electrons. The predicted molar refractivity (Wildman–Crippen MR) is 76.4 cm³/mol. The first kappa shape index (κ1) is 12.6. The lowest BCUT2D eigenvalue weighted by Gasteiger charge is -2.42. The molecule has 4 heteroatoms. The molecule has 3 rings (SSSR count). The molecule has 0 bridgehead atoms. The second-order valence-corrected chi connectivity index (χ2v) is 5.56. The molecule has 0 aromatic heterocycles. The molecule has 1 aromatic carbocycles. The Morgan fingerprint density at radius 2 is 1.95 bits per heavy atom. The minimum Gasteiger partial charge on any atom is -0.496 e. The molecule has 0 aliphatic carbocycles. The van der Waals surface area contributed by atoms with Crippen molar-refractivity contribution in [3.63, 3.8) is 0 Å². The molecule has 0 amide bonds. The van der Waals surface area contributed by atoms with Crippen molar-refractivity contribution in [1.82, 2.24) is 4.90 Å². The third-order valence-electron chi connectivity index (χ3n) is 4.46. The number of ether oxygens (including phenoxy) is 2. The minimum atomic E-state index is 0.581. The van der Waals surface area contributed by atoms with Gasteiger partial charge in [-0.3, -0.25) is 0 Å². The van der Waals surface area contributed by atoms with Gasteiger partial charge in [-0.1, -0.05) is 0 Å². The van der Waals surface area contributed by atoms with Crippen LogP contribution in [0.5, 0.6) is 11.5 Å². The first-order valence-electron chi connectivity index (χ1n) is 6.92. The molecule has 1 N–H and O–H groups in total. The highest BCUT2D eigenvalue weighted by Gasteiger charge is 2.36. The molecule has 2 heterocycles. The fourth-order valence-electron chi connectivity index (χ4n) is 3.51. The van der Waals surface area contributed by atoms with E-state index in [1.807, 2.05) is 12.1 Å². The van der Waals surface area contributed by atoms with Gasteiger partial charge in [-0.05, 0) is 44.0 Å². The van der Waals surface area contributed by atoms with E-state index in [9.17, 15) is 0 Å². The van der Waals surface area contributed by atoms with Gasteiger partial charge >= 0.3 is 0 Å². The third kappa shape index (κ3) is 2.04. The number of piperidine rings is 1. The van der Waals surface area contributed by atoms with E-state index in [0.29, 0.717) is 11.8 Å². The average Bonchev–Trinajstić information content (AvgIpc) is 2.45.